The van der Waals surface area contributed by atoms with Crippen LogP contribution in [-0.4, -0.2) is 46.7 Å². The number of nitrogens with one attached hydrogen (secondary N) is 2. The number of benzene rings is 3. The van der Waals surface area contributed by atoms with Gasteiger partial charge in [0.15, 0.2) is 0 Å². The summed E-state index contributed by atoms with van der Waals surface area (Å²) in [5, 5.41) is 17.3. The van der Waals surface area contributed by atoms with E-state index in [-0.39, 0.29) is 11.3 Å². The van der Waals surface area contributed by atoms with Crippen molar-refractivity contribution in [2.75, 3.05) is 30.4 Å². The van der Waals surface area contributed by atoms with Crippen molar-refractivity contribution in [3.05, 3.63) is 71.8 Å². The van der Waals surface area contributed by atoms with Gasteiger partial charge in [0, 0.05) is 18.7 Å². The molecule has 0 aliphatic heterocycles. The van der Waals surface area contributed by atoms with Gasteiger partial charge in [0.05, 0.1) is 30.5 Å². The molecule has 0 saturated carbocycles. The molecule has 11 heteroatoms. The van der Waals surface area contributed by atoms with Gasteiger partial charge in [0.1, 0.15) is 5.75 Å². The fourth-order valence-corrected chi connectivity index (χ4v) is 4.91. The Bertz CT molecular complexity index is 1490. The van der Waals surface area contributed by atoms with Gasteiger partial charge in [0.2, 0.25) is 11.7 Å². The van der Waals surface area contributed by atoms with Crippen molar-refractivity contribution >= 4 is 17.3 Å². The molecule has 222 valence electrons. The molecule has 0 aliphatic carbocycles. The fraction of sp³-hybridized carbons (Fsp3) is 0.355. The molecular weight excluding hydrogens is 545 g/mol. The Morgan fingerprint density at radius 2 is 1.67 bits per heavy atom. The van der Waals surface area contributed by atoms with E-state index in [4.69, 9.17) is 4.74 Å². The maximum atomic E-state index is 13.8. The number of nitrogens with zero attached hydrogens (tertiary/aromatic N) is 4. The van der Waals surface area contributed by atoms with Crippen molar-refractivity contribution in [3.63, 3.8) is 0 Å². The van der Waals surface area contributed by atoms with E-state index in [1.807, 2.05) is 42.5 Å². The zero-order valence-corrected chi connectivity index (χ0v) is 24.3. The van der Waals surface area contributed by atoms with Crippen LogP contribution in [-0.2, 0) is 17.4 Å². The Morgan fingerprint density at radius 1 is 0.976 bits per heavy atom. The van der Waals surface area contributed by atoms with Gasteiger partial charge in [0.25, 0.3) is 0 Å². The summed E-state index contributed by atoms with van der Waals surface area (Å²) in [6, 6.07) is 16.9. The SMILES string of the molecule is COc1ccc(CC(=O)Nc2cc(-c3ccccc3-c3nn[nH]n3)ccc2N(CC(C)C)CC(C)C)c(C(F)(F)F)c1. The topological polar surface area (TPSA) is 96.0 Å². The van der Waals surface area contributed by atoms with Crippen molar-refractivity contribution in [2.45, 2.75) is 40.3 Å². The predicted octanol–water partition coefficient (Wildman–Crippen LogP) is 6.86. The normalized spacial score (nSPS) is 11.7. The molecule has 0 aliphatic rings. The molecule has 0 fully saturated rings. The maximum Gasteiger partial charge on any atom is 0.416 e. The zero-order valence-electron chi connectivity index (χ0n) is 24.3. The van der Waals surface area contributed by atoms with Gasteiger partial charge in [-0.2, -0.15) is 18.4 Å². The number of amides is 1. The molecule has 4 aromatic rings. The molecule has 1 heterocycles. The van der Waals surface area contributed by atoms with Crippen LogP contribution in [0.15, 0.2) is 60.7 Å². The average molecular weight is 581 g/mol. The monoisotopic (exact) mass is 580 g/mol. The molecule has 1 aromatic heterocycles. The summed E-state index contributed by atoms with van der Waals surface area (Å²) in [6.45, 7) is 9.92. The van der Waals surface area contributed by atoms with Crippen molar-refractivity contribution in [3.8, 4) is 28.3 Å². The minimum absolute atomic E-state index is 0.0692. The Labute approximate surface area is 243 Å². The summed E-state index contributed by atoms with van der Waals surface area (Å²) in [5.41, 5.74) is 2.59. The van der Waals surface area contributed by atoms with Crippen LogP contribution >= 0.6 is 0 Å². The minimum Gasteiger partial charge on any atom is -0.497 e. The Balaban J connectivity index is 1.76. The van der Waals surface area contributed by atoms with Crippen LogP contribution in [0.25, 0.3) is 22.5 Å². The molecule has 42 heavy (non-hydrogen) atoms. The molecule has 8 nitrogen and oxygen atoms in total. The smallest absolute Gasteiger partial charge is 0.416 e. The summed E-state index contributed by atoms with van der Waals surface area (Å²) in [7, 11) is 1.30. The van der Waals surface area contributed by atoms with Crippen molar-refractivity contribution in [1.82, 2.24) is 20.6 Å². The summed E-state index contributed by atoms with van der Waals surface area (Å²) in [4.78, 5) is 15.6. The number of anilines is 2. The number of halogens is 3. The number of tetrazole rings is 1. The van der Waals surface area contributed by atoms with Gasteiger partial charge >= 0.3 is 6.18 Å². The highest BCUT2D eigenvalue weighted by molar-refractivity contribution is 5.97. The van der Waals surface area contributed by atoms with E-state index in [0.717, 1.165) is 41.5 Å². The number of carbonyl (C=O) groups excluding carboxylic acids is 1. The summed E-state index contributed by atoms with van der Waals surface area (Å²) in [5.74, 6) is 0.587. The molecule has 1 amide bonds. The number of rotatable bonds is 11. The molecular formula is C31H35F3N6O2. The average Bonchev–Trinajstić information content (AvgIpc) is 3.47. The molecule has 0 radical (unpaired) electrons. The summed E-state index contributed by atoms with van der Waals surface area (Å²) in [6.07, 6.45) is -5.10. The van der Waals surface area contributed by atoms with Gasteiger partial charge in [-0.25, -0.2) is 0 Å². The number of aromatic amines is 1. The first-order valence-electron chi connectivity index (χ1n) is 13.7. The second-order valence-corrected chi connectivity index (χ2v) is 11.0. The van der Waals surface area contributed by atoms with Crippen molar-refractivity contribution in [2.24, 2.45) is 11.8 Å². The minimum atomic E-state index is -4.64. The molecule has 4 rings (SSSR count). The van der Waals surface area contributed by atoms with E-state index in [9.17, 15) is 18.0 Å². The number of methoxy groups -OCH3 is 1. The van der Waals surface area contributed by atoms with Crippen LogP contribution in [0.1, 0.15) is 38.8 Å². The highest BCUT2D eigenvalue weighted by Crippen LogP contribution is 2.37. The van der Waals surface area contributed by atoms with Gasteiger partial charge in [-0.1, -0.05) is 64.1 Å². The largest absolute Gasteiger partial charge is 0.497 e. The lowest BCUT2D eigenvalue weighted by Crippen LogP contribution is -2.32. The van der Waals surface area contributed by atoms with Gasteiger partial charge in [-0.05, 0) is 58.0 Å². The second-order valence-electron chi connectivity index (χ2n) is 11.0. The van der Waals surface area contributed by atoms with Gasteiger partial charge in [-0.3, -0.25) is 4.79 Å². The lowest BCUT2D eigenvalue weighted by molar-refractivity contribution is -0.138. The quantitative estimate of drug-likeness (QED) is 0.201. The molecule has 0 spiro atoms. The first-order chi connectivity index (χ1) is 20.0. The van der Waals surface area contributed by atoms with Crippen LogP contribution in [0.4, 0.5) is 24.5 Å². The highest BCUT2D eigenvalue weighted by atomic mass is 19.4. The van der Waals surface area contributed by atoms with Crippen molar-refractivity contribution < 1.29 is 22.7 Å². The van der Waals surface area contributed by atoms with E-state index in [2.05, 4.69) is 58.5 Å². The van der Waals surface area contributed by atoms with E-state index in [1.165, 1.54) is 19.2 Å². The number of aromatic nitrogens is 4. The highest BCUT2D eigenvalue weighted by Gasteiger charge is 2.34. The first-order valence-corrected chi connectivity index (χ1v) is 13.7. The van der Waals surface area contributed by atoms with E-state index >= 15 is 0 Å². The van der Waals surface area contributed by atoms with Crippen LogP contribution < -0.4 is 15.0 Å². The summed E-state index contributed by atoms with van der Waals surface area (Å²) >= 11 is 0. The maximum absolute atomic E-state index is 13.8. The van der Waals surface area contributed by atoms with Crippen LogP contribution in [0.2, 0.25) is 0 Å². The lowest BCUT2D eigenvalue weighted by atomic mass is 9.97. The van der Waals surface area contributed by atoms with Crippen LogP contribution in [0.3, 0.4) is 0 Å². The molecule has 0 unspecified atom stereocenters. The third-order valence-corrected chi connectivity index (χ3v) is 6.58. The third kappa shape index (κ3) is 7.45. The number of carbonyl (C=O) groups is 1. The number of H-pyrrole nitrogens is 1. The van der Waals surface area contributed by atoms with Gasteiger partial charge < -0.3 is 15.0 Å². The molecule has 2 N–H and O–H groups in total. The van der Waals surface area contributed by atoms with Gasteiger partial charge in [-0.15, -0.1) is 10.2 Å². The second kappa shape index (κ2) is 13.1. The van der Waals surface area contributed by atoms with E-state index in [0.29, 0.717) is 23.3 Å². The predicted molar refractivity (Wildman–Crippen MR) is 157 cm³/mol. The number of hydrogen-bond acceptors (Lipinski definition) is 6. The standard InChI is InChI=1S/C31H35F3N6O2/c1-19(2)17-40(18-20(3)4)28-13-11-21(24-8-6-7-9-25(24)30-36-38-39-37-30)14-27(28)35-29(41)15-22-10-12-23(42-5)16-26(22)31(32,33)34/h6-14,16,19-20H,15,17-18H2,1-5H3,(H,35,41)(H,36,37,38,39). The Kier molecular flexibility index (Phi) is 9.49. The molecule has 0 bridgehead atoms. The molecule has 0 atom stereocenters. The number of hydrogen-bond donors (Lipinski definition) is 2. The fourth-order valence-electron chi connectivity index (χ4n) is 4.91. The van der Waals surface area contributed by atoms with Crippen molar-refractivity contribution in [1.29, 1.82) is 0 Å². The number of alkyl halides is 3. The zero-order chi connectivity index (χ0) is 30.4. The summed E-state index contributed by atoms with van der Waals surface area (Å²) < 4.78 is 46.5. The third-order valence-electron chi connectivity index (χ3n) is 6.58. The first kappa shape index (κ1) is 30.5. The molecule has 0 saturated heterocycles. The molecule has 3 aromatic carbocycles. The lowest BCUT2D eigenvalue weighted by Gasteiger charge is -2.31. The Morgan fingerprint density at radius 3 is 2.26 bits per heavy atom. The van der Waals surface area contributed by atoms with Crippen LogP contribution in [0.5, 0.6) is 5.75 Å². The van der Waals surface area contributed by atoms with E-state index < -0.39 is 24.1 Å². The number of ether oxygens (including phenoxy) is 1. The van der Waals surface area contributed by atoms with Crippen LogP contribution in [0, 0.1) is 11.8 Å². The Hall–Kier alpha value is -4.41. The van der Waals surface area contributed by atoms with E-state index in [1.54, 1.807) is 0 Å².